The molecule has 0 saturated carbocycles. The average molecular weight is 463 g/mol. The predicted octanol–water partition coefficient (Wildman–Crippen LogP) is 6.65. The number of ketones is 1. The third-order valence-electron chi connectivity index (χ3n) is 6.14. The molecule has 5 rings (SSSR count). The number of nitrogens with zero attached hydrogens (tertiary/aromatic N) is 2. The van der Waals surface area contributed by atoms with Crippen LogP contribution in [-0.4, -0.2) is 22.2 Å². The number of carbonyl (C=O) groups excluding carboxylic acids is 1. The number of hydrogen-bond acceptors (Lipinski definition) is 4. The Balaban J connectivity index is 1.59. The van der Waals surface area contributed by atoms with Crippen molar-refractivity contribution in [2.24, 2.45) is 0 Å². The molecule has 1 aliphatic heterocycles. The lowest BCUT2D eigenvalue weighted by Gasteiger charge is -2.09. The number of aromatic nitrogens is 2. The summed E-state index contributed by atoms with van der Waals surface area (Å²) in [6.45, 7) is 10.2. The Morgan fingerprint density at radius 3 is 2.51 bits per heavy atom. The van der Waals surface area contributed by atoms with E-state index in [1.807, 2.05) is 92.3 Å². The van der Waals surface area contributed by atoms with Crippen LogP contribution in [0.25, 0.3) is 23.0 Å². The Morgan fingerprint density at radius 2 is 1.77 bits per heavy atom. The Kier molecular flexibility index (Phi) is 5.83. The lowest BCUT2D eigenvalue weighted by Crippen LogP contribution is -1.98. The highest BCUT2D eigenvalue weighted by Crippen LogP contribution is 2.36. The third kappa shape index (κ3) is 4.28. The fourth-order valence-electron chi connectivity index (χ4n) is 4.12. The Bertz CT molecular complexity index is 1480. The van der Waals surface area contributed by atoms with E-state index in [0.29, 0.717) is 23.7 Å². The van der Waals surface area contributed by atoms with Gasteiger partial charge in [0.25, 0.3) is 0 Å². The minimum Gasteiger partial charge on any atom is -0.489 e. The number of rotatable bonds is 6. The van der Waals surface area contributed by atoms with Crippen LogP contribution in [0.2, 0.25) is 0 Å². The van der Waals surface area contributed by atoms with Gasteiger partial charge in [-0.25, -0.2) is 4.68 Å². The Hall–Kier alpha value is -4.38. The van der Waals surface area contributed by atoms with Crippen LogP contribution in [0.1, 0.15) is 32.6 Å². The Labute approximate surface area is 204 Å². The second kappa shape index (κ2) is 9.11. The summed E-state index contributed by atoms with van der Waals surface area (Å²) in [6.07, 6.45) is 5.43. The fraction of sp³-hybridized carbons (Fsp3) is 0.133. The van der Waals surface area contributed by atoms with Crippen LogP contribution < -0.4 is 9.47 Å². The van der Waals surface area contributed by atoms with E-state index in [0.717, 1.165) is 44.9 Å². The van der Waals surface area contributed by atoms with Gasteiger partial charge in [0.2, 0.25) is 5.78 Å². The van der Waals surface area contributed by atoms with Crippen molar-refractivity contribution in [3.8, 4) is 28.4 Å². The summed E-state index contributed by atoms with van der Waals surface area (Å²) in [7, 11) is 0. The molecule has 0 fully saturated rings. The zero-order valence-corrected chi connectivity index (χ0v) is 20.0. The first kappa shape index (κ1) is 22.4. The van der Waals surface area contributed by atoms with Crippen LogP contribution in [0.4, 0.5) is 0 Å². The monoisotopic (exact) mass is 462 g/mol. The van der Waals surface area contributed by atoms with Gasteiger partial charge in [-0.2, -0.15) is 5.10 Å². The SMILES string of the molecule is C=CCOc1ccc(-c2nn(-c3ccccc3)cc2/C=C2\Oc3cc(C)c(C)cc3C2=O)cc1C. The van der Waals surface area contributed by atoms with Crippen molar-refractivity contribution in [1.29, 1.82) is 0 Å². The standard InChI is InChI=1S/C30H26N2O3/c1-5-13-34-26-12-11-22(14-21(26)4)29-23(18-32(31-29)24-9-7-6-8-10-24)17-28-30(33)25-15-19(2)20(3)16-27(25)35-28/h5-12,14-18H,1,13H2,2-4H3/b28-17-. The van der Waals surface area contributed by atoms with Crippen molar-refractivity contribution in [1.82, 2.24) is 9.78 Å². The first-order chi connectivity index (χ1) is 16.9. The predicted molar refractivity (Wildman–Crippen MR) is 138 cm³/mol. The number of ether oxygens (including phenoxy) is 2. The molecule has 0 saturated heterocycles. The highest BCUT2D eigenvalue weighted by Gasteiger charge is 2.28. The van der Waals surface area contributed by atoms with E-state index >= 15 is 0 Å². The maximum Gasteiger partial charge on any atom is 0.231 e. The lowest BCUT2D eigenvalue weighted by atomic mass is 10.0. The van der Waals surface area contributed by atoms with E-state index in [4.69, 9.17) is 14.6 Å². The summed E-state index contributed by atoms with van der Waals surface area (Å²) in [5.41, 5.74) is 7.12. The van der Waals surface area contributed by atoms with Gasteiger partial charge in [0.15, 0.2) is 5.76 Å². The highest BCUT2D eigenvalue weighted by molar-refractivity contribution is 6.14. The van der Waals surface area contributed by atoms with E-state index in [2.05, 4.69) is 6.58 Å². The van der Waals surface area contributed by atoms with Crippen molar-refractivity contribution in [2.45, 2.75) is 20.8 Å². The lowest BCUT2D eigenvalue weighted by molar-refractivity contribution is 0.101. The number of para-hydroxylation sites is 1. The molecule has 5 heteroatoms. The average Bonchev–Trinajstić information content (AvgIpc) is 3.41. The van der Waals surface area contributed by atoms with Crippen LogP contribution in [0.15, 0.2) is 85.3 Å². The summed E-state index contributed by atoms with van der Waals surface area (Å²) < 4.78 is 13.6. The molecular formula is C30H26N2O3. The molecule has 0 atom stereocenters. The largest absolute Gasteiger partial charge is 0.489 e. The van der Waals surface area contributed by atoms with Gasteiger partial charge in [0, 0.05) is 17.3 Å². The van der Waals surface area contributed by atoms with Crippen LogP contribution in [0, 0.1) is 20.8 Å². The van der Waals surface area contributed by atoms with E-state index < -0.39 is 0 Å². The molecule has 35 heavy (non-hydrogen) atoms. The molecule has 5 nitrogen and oxygen atoms in total. The van der Waals surface area contributed by atoms with Gasteiger partial charge in [-0.1, -0.05) is 30.9 Å². The molecule has 1 aromatic heterocycles. The molecule has 0 radical (unpaired) electrons. The van der Waals surface area contributed by atoms with Gasteiger partial charge in [-0.3, -0.25) is 4.79 Å². The number of Topliss-reactive ketones (excluding diaryl/α,β-unsaturated/α-hetero) is 1. The molecule has 0 spiro atoms. The quantitative estimate of drug-likeness (QED) is 0.238. The Morgan fingerprint density at radius 1 is 1.00 bits per heavy atom. The maximum atomic E-state index is 13.1. The summed E-state index contributed by atoms with van der Waals surface area (Å²) in [4.78, 5) is 13.1. The van der Waals surface area contributed by atoms with Gasteiger partial charge in [-0.05, 0) is 86.0 Å². The molecular weight excluding hydrogens is 436 g/mol. The molecule has 0 amide bonds. The minimum absolute atomic E-state index is 0.120. The summed E-state index contributed by atoms with van der Waals surface area (Å²) in [6, 6.07) is 19.6. The number of benzene rings is 3. The molecule has 0 unspecified atom stereocenters. The van der Waals surface area contributed by atoms with Crippen LogP contribution in [0.5, 0.6) is 11.5 Å². The molecule has 174 valence electrons. The van der Waals surface area contributed by atoms with Crippen molar-refractivity contribution in [3.05, 3.63) is 113 Å². The molecule has 0 N–H and O–H groups in total. The number of hydrogen-bond donors (Lipinski definition) is 0. The fourth-order valence-corrected chi connectivity index (χ4v) is 4.12. The number of fused-ring (bicyclic) bond motifs is 1. The van der Waals surface area contributed by atoms with E-state index in [-0.39, 0.29) is 5.78 Å². The van der Waals surface area contributed by atoms with Gasteiger partial charge in [0.05, 0.1) is 11.3 Å². The number of aryl methyl sites for hydroxylation is 3. The van der Waals surface area contributed by atoms with Gasteiger partial charge >= 0.3 is 0 Å². The first-order valence-corrected chi connectivity index (χ1v) is 11.5. The van der Waals surface area contributed by atoms with Crippen LogP contribution >= 0.6 is 0 Å². The molecule has 2 heterocycles. The topological polar surface area (TPSA) is 53.4 Å². The van der Waals surface area contributed by atoms with Gasteiger partial charge in [0.1, 0.15) is 23.8 Å². The summed E-state index contributed by atoms with van der Waals surface area (Å²) in [5, 5.41) is 4.88. The minimum atomic E-state index is -0.120. The smallest absolute Gasteiger partial charge is 0.231 e. The van der Waals surface area contributed by atoms with Crippen molar-refractivity contribution >= 4 is 11.9 Å². The first-order valence-electron chi connectivity index (χ1n) is 11.5. The number of carbonyl (C=O) groups is 1. The van der Waals surface area contributed by atoms with Gasteiger partial charge in [-0.15, -0.1) is 0 Å². The van der Waals surface area contributed by atoms with Crippen LogP contribution in [-0.2, 0) is 0 Å². The van der Waals surface area contributed by atoms with Gasteiger partial charge < -0.3 is 9.47 Å². The zero-order chi connectivity index (χ0) is 24.5. The summed E-state index contributed by atoms with van der Waals surface area (Å²) in [5.74, 6) is 1.57. The maximum absolute atomic E-state index is 13.1. The highest BCUT2D eigenvalue weighted by atomic mass is 16.5. The van der Waals surface area contributed by atoms with E-state index in [9.17, 15) is 4.79 Å². The zero-order valence-electron chi connectivity index (χ0n) is 20.0. The van der Waals surface area contributed by atoms with E-state index in [1.165, 1.54) is 0 Å². The second-order valence-electron chi connectivity index (χ2n) is 8.67. The third-order valence-corrected chi connectivity index (χ3v) is 6.14. The molecule has 1 aliphatic rings. The second-order valence-corrected chi connectivity index (χ2v) is 8.67. The van der Waals surface area contributed by atoms with Crippen molar-refractivity contribution in [2.75, 3.05) is 6.61 Å². The molecule has 4 aromatic rings. The molecule has 3 aromatic carbocycles. The van der Waals surface area contributed by atoms with Crippen molar-refractivity contribution in [3.63, 3.8) is 0 Å². The normalized spacial score (nSPS) is 13.6. The molecule has 0 aliphatic carbocycles. The summed E-state index contributed by atoms with van der Waals surface area (Å²) >= 11 is 0. The molecule has 0 bridgehead atoms. The van der Waals surface area contributed by atoms with Crippen molar-refractivity contribution < 1.29 is 14.3 Å². The number of allylic oxidation sites excluding steroid dienone is 1. The van der Waals surface area contributed by atoms with Crippen LogP contribution in [0.3, 0.4) is 0 Å². The van der Waals surface area contributed by atoms with E-state index in [1.54, 1.807) is 12.2 Å².